The summed E-state index contributed by atoms with van der Waals surface area (Å²) in [5, 5.41) is 9.93. The van der Waals surface area contributed by atoms with Gasteiger partial charge in [-0.3, -0.25) is 0 Å². The van der Waals surface area contributed by atoms with Gasteiger partial charge in [-0.05, 0) is 42.2 Å². The molecular weight excluding hydrogens is 238 g/mol. The smallest absolute Gasteiger partial charge is 0.328 e. The molecule has 0 saturated carbocycles. The van der Waals surface area contributed by atoms with Gasteiger partial charge in [0.05, 0.1) is 0 Å². The van der Waals surface area contributed by atoms with E-state index in [0.717, 1.165) is 23.1 Å². The molecule has 0 radical (unpaired) electrons. The van der Waals surface area contributed by atoms with E-state index in [1.54, 1.807) is 0 Å². The van der Waals surface area contributed by atoms with Gasteiger partial charge < -0.3 is 9.67 Å². The Morgan fingerprint density at radius 3 is 2.74 bits per heavy atom. The summed E-state index contributed by atoms with van der Waals surface area (Å²) in [6, 6.07) is 8.16. The number of aliphatic carboxylic acids is 1. The lowest BCUT2D eigenvalue weighted by Crippen LogP contribution is -2.02. The van der Waals surface area contributed by atoms with Gasteiger partial charge in [-0.25, -0.2) is 4.79 Å². The molecule has 0 atom stereocenters. The first-order valence-electron chi connectivity index (χ1n) is 6.48. The van der Waals surface area contributed by atoms with Crippen molar-refractivity contribution in [3.63, 3.8) is 0 Å². The van der Waals surface area contributed by atoms with Crippen molar-refractivity contribution in [2.24, 2.45) is 5.92 Å². The van der Waals surface area contributed by atoms with Crippen molar-refractivity contribution in [1.29, 1.82) is 0 Å². The standard InChI is InChI=1S/C16H19NO2/c1-11(2)10-17-7-6-14-9-13(4-5-15(14)17)12(3)8-16(18)19/h4-9,11H,10H2,1-3H3,(H,18,19)/b12-8+. The predicted octanol–water partition coefficient (Wildman–Crippen LogP) is 3.79. The summed E-state index contributed by atoms with van der Waals surface area (Å²) in [4.78, 5) is 10.7. The first-order chi connectivity index (χ1) is 8.97. The van der Waals surface area contributed by atoms with E-state index in [2.05, 4.69) is 36.7 Å². The third-order valence-corrected chi connectivity index (χ3v) is 3.13. The highest BCUT2D eigenvalue weighted by Gasteiger charge is 2.05. The quantitative estimate of drug-likeness (QED) is 0.847. The van der Waals surface area contributed by atoms with Crippen molar-refractivity contribution in [1.82, 2.24) is 4.57 Å². The van der Waals surface area contributed by atoms with Crippen molar-refractivity contribution >= 4 is 22.4 Å². The fraction of sp³-hybridized carbons (Fsp3) is 0.312. The number of allylic oxidation sites excluding steroid dienone is 1. The van der Waals surface area contributed by atoms with Gasteiger partial charge in [-0.1, -0.05) is 19.9 Å². The van der Waals surface area contributed by atoms with Gasteiger partial charge in [-0.2, -0.15) is 0 Å². The van der Waals surface area contributed by atoms with Crippen LogP contribution in [0.4, 0.5) is 0 Å². The maximum Gasteiger partial charge on any atom is 0.328 e. The average Bonchev–Trinajstić information content (AvgIpc) is 2.70. The van der Waals surface area contributed by atoms with Gasteiger partial charge in [-0.15, -0.1) is 0 Å². The van der Waals surface area contributed by atoms with Gasteiger partial charge in [0.1, 0.15) is 0 Å². The number of carbonyl (C=O) groups is 1. The molecule has 0 aliphatic carbocycles. The van der Waals surface area contributed by atoms with Crippen LogP contribution < -0.4 is 0 Å². The number of fused-ring (bicyclic) bond motifs is 1. The molecular formula is C16H19NO2. The second-order valence-corrected chi connectivity index (χ2v) is 5.30. The second-order valence-electron chi connectivity index (χ2n) is 5.30. The first kappa shape index (κ1) is 13.4. The van der Waals surface area contributed by atoms with Crippen LogP contribution in [0.3, 0.4) is 0 Å². The van der Waals surface area contributed by atoms with Crippen LogP contribution in [0.5, 0.6) is 0 Å². The summed E-state index contributed by atoms with van der Waals surface area (Å²) >= 11 is 0. The van der Waals surface area contributed by atoms with Crippen LogP contribution in [-0.2, 0) is 11.3 Å². The zero-order valence-corrected chi connectivity index (χ0v) is 11.6. The fourth-order valence-corrected chi connectivity index (χ4v) is 2.27. The van der Waals surface area contributed by atoms with E-state index in [0.29, 0.717) is 5.92 Å². The zero-order valence-electron chi connectivity index (χ0n) is 11.6. The van der Waals surface area contributed by atoms with E-state index in [1.165, 1.54) is 11.6 Å². The molecule has 2 rings (SSSR count). The molecule has 1 aromatic heterocycles. The lowest BCUT2D eigenvalue weighted by molar-refractivity contribution is -0.131. The van der Waals surface area contributed by atoms with Gasteiger partial charge in [0, 0.05) is 29.7 Å². The molecule has 0 amide bonds. The van der Waals surface area contributed by atoms with Crippen LogP contribution in [0.2, 0.25) is 0 Å². The van der Waals surface area contributed by atoms with E-state index in [9.17, 15) is 4.79 Å². The first-order valence-corrected chi connectivity index (χ1v) is 6.48. The lowest BCUT2D eigenvalue weighted by Gasteiger charge is -2.09. The zero-order chi connectivity index (χ0) is 14.0. The Morgan fingerprint density at radius 2 is 2.11 bits per heavy atom. The highest BCUT2D eigenvalue weighted by molar-refractivity contribution is 5.91. The van der Waals surface area contributed by atoms with E-state index >= 15 is 0 Å². The SMILES string of the molecule is C/C(=C\C(=O)O)c1ccc2c(ccn2CC(C)C)c1. The summed E-state index contributed by atoms with van der Waals surface area (Å²) in [6.07, 6.45) is 3.33. The molecule has 3 heteroatoms. The van der Waals surface area contributed by atoms with Crippen molar-refractivity contribution in [2.45, 2.75) is 27.3 Å². The number of nitrogens with zero attached hydrogens (tertiary/aromatic N) is 1. The molecule has 0 spiro atoms. The Bertz CT molecular complexity index is 635. The number of benzene rings is 1. The van der Waals surface area contributed by atoms with Crippen molar-refractivity contribution in [3.8, 4) is 0 Å². The second kappa shape index (κ2) is 5.31. The van der Waals surface area contributed by atoms with Crippen LogP contribution in [0.25, 0.3) is 16.5 Å². The van der Waals surface area contributed by atoms with Crippen LogP contribution >= 0.6 is 0 Å². The molecule has 0 bridgehead atoms. The number of aromatic nitrogens is 1. The summed E-state index contributed by atoms with van der Waals surface area (Å²) < 4.78 is 2.24. The molecule has 100 valence electrons. The number of hydrogen-bond acceptors (Lipinski definition) is 1. The van der Waals surface area contributed by atoms with E-state index in [1.807, 2.05) is 19.1 Å². The number of hydrogen-bond donors (Lipinski definition) is 1. The molecule has 0 aliphatic rings. The maximum absolute atomic E-state index is 10.7. The molecule has 1 aromatic carbocycles. The third-order valence-electron chi connectivity index (χ3n) is 3.13. The van der Waals surface area contributed by atoms with E-state index < -0.39 is 5.97 Å². The molecule has 19 heavy (non-hydrogen) atoms. The Labute approximate surface area is 113 Å². The molecule has 2 aromatic rings. The molecule has 1 N–H and O–H groups in total. The summed E-state index contributed by atoms with van der Waals surface area (Å²) in [5.41, 5.74) is 2.92. The van der Waals surface area contributed by atoms with E-state index in [-0.39, 0.29) is 0 Å². The Hall–Kier alpha value is -2.03. The molecule has 0 aliphatic heterocycles. The molecule has 3 nitrogen and oxygen atoms in total. The van der Waals surface area contributed by atoms with Gasteiger partial charge in [0.25, 0.3) is 0 Å². The number of carboxylic acids is 1. The monoisotopic (exact) mass is 257 g/mol. The minimum absolute atomic E-state index is 0.601. The predicted molar refractivity (Wildman–Crippen MR) is 78.1 cm³/mol. The van der Waals surface area contributed by atoms with Crippen LogP contribution in [-0.4, -0.2) is 15.6 Å². The van der Waals surface area contributed by atoms with Gasteiger partial charge in [0.15, 0.2) is 0 Å². The van der Waals surface area contributed by atoms with Crippen molar-refractivity contribution in [3.05, 3.63) is 42.1 Å². The minimum Gasteiger partial charge on any atom is -0.478 e. The third kappa shape index (κ3) is 3.05. The Morgan fingerprint density at radius 1 is 1.37 bits per heavy atom. The van der Waals surface area contributed by atoms with Crippen LogP contribution in [0.1, 0.15) is 26.3 Å². The van der Waals surface area contributed by atoms with Gasteiger partial charge in [0.2, 0.25) is 0 Å². The molecule has 1 heterocycles. The van der Waals surface area contributed by atoms with Crippen molar-refractivity contribution in [2.75, 3.05) is 0 Å². The minimum atomic E-state index is -0.907. The Balaban J connectivity index is 2.40. The highest BCUT2D eigenvalue weighted by Crippen LogP contribution is 2.22. The van der Waals surface area contributed by atoms with E-state index in [4.69, 9.17) is 5.11 Å². The fourth-order valence-electron chi connectivity index (χ4n) is 2.27. The summed E-state index contributed by atoms with van der Waals surface area (Å²) in [7, 11) is 0. The highest BCUT2D eigenvalue weighted by atomic mass is 16.4. The topological polar surface area (TPSA) is 42.2 Å². The molecule has 0 unspecified atom stereocenters. The number of carboxylic acid groups (broad SMARTS) is 1. The van der Waals surface area contributed by atoms with Crippen LogP contribution in [0, 0.1) is 5.92 Å². The molecule has 0 fully saturated rings. The normalized spacial score (nSPS) is 12.3. The Kier molecular flexibility index (Phi) is 3.74. The number of rotatable bonds is 4. The summed E-state index contributed by atoms with van der Waals surface area (Å²) in [6.45, 7) is 7.20. The maximum atomic E-state index is 10.7. The van der Waals surface area contributed by atoms with Crippen LogP contribution in [0.15, 0.2) is 36.5 Å². The summed E-state index contributed by atoms with van der Waals surface area (Å²) in [5.74, 6) is -0.307. The average molecular weight is 257 g/mol. The van der Waals surface area contributed by atoms with Gasteiger partial charge >= 0.3 is 5.97 Å². The largest absolute Gasteiger partial charge is 0.478 e. The van der Waals surface area contributed by atoms with Crippen molar-refractivity contribution < 1.29 is 9.90 Å². The molecule has 0 saturated heterocycles. The lowest BCUT2D eigenvalue weighted by atomic mass is 10.1.